The molecule has 0 bridgehead atoms. The summed E-state index contributed by atoms with van der Waals surface area (Å²) in [5, 5.41) is 8.76. The third kappa shape index (κ3) is 6.46. The number of rotatable bonds is 8. The molecule has 13 rings (SSSR count). The highest BCUT2D eigenvalue weighted by Crippen LogP contribution is 2.45. The molecule has 0 unspecified atom stereocenters. The fourth-order valence-corrected chi connectivity index (χ4v) is 9.83. The molecule has 0 saturated carbocycles. The third-order valence-electron chi connectivity index (χ3n) is 12.9. The van der Waals surface area contributed by atoms with Gasteiger partial charge in [0.15, 0.2) is 0 Å². The van der Waals surface area contributed by atoms with Crippen molar-refractivity contribution in [3.63, 3.8) is 0 Å². The Morgan fingerprint density at radius 2 is 0.591 bits per heavy atom. The van der Waals surface area contributed by atoms with E-state index in [4.69, 9.17) is 8.83 Å². The zero-order chi connectivity index (χ0) is 43.6. The van der Waals surface area contributed by atoms with E-state index in [2.05, 4.69) is 240 Å². The second-order valence-corrected chi connectivity index (χ2v) is 17.0. The van der Waals surface area contributed by atoms with Gasteiger partial charge < -0.3 is 18.6 Å². The van der Waals surface area contributed by atoms with Gasteiger partial charge >= 0.3 is 0 Å². The van der Waals surface area contributed by atoms with Crippen LogP contribution in [0, 0.1) is 0 Å². The lowest BCUT2D eigenvalue weighted by atomic mass is 10.00. The van der Waals surface area contributed by atoms with Crippen LogP contribution in [0.5, 0.6) is 0 Å². The molecule has 2 aromatic heterocycles. The predicted molar refractivity (Wildman–Crippen MR) is 276 cm³/mol. The van der Waals surface area contributed by atoms with Crippen LogP contribution in [-0.2, 0) is 0 Å². The third-order valence-corrected chi connectivity index (χ3v) is 12.9. The molecule has 11 aromatic carbocycles. The lowest BCUT2D eigenvalue weighted by molar-refractivity contribution is 0.663. The Labute approximate surface area is 381 Å². The SMILES string of the molecule is c1ccc(-c2cccc(N(c3ccccc3)c3ccc4cc5c(cc4c3)oc3ccc4oc6cc7cc(N(c8ccccc8)c8cccc(-c9ccccc9)c8)ccc7cc6c4c35)c2)cc1. The number of hydrogen-bond acceptors (Lipinski definition) is 4. The van der Waals surface area contributed by atoms with Gasteiger partial charge in [-0.1, -0.05) is 133 Å². The molecular weight excluding hydrogens is 805 g/mol. The fourth-order valence-electron chi connectivity index (χ4n) is 9.83. The average molecular weight is 845 g/mol. The normalized spacial score (nSPS) is 11.6. The quantitative estimate of drug-likeness (QED) is 0.153. The lowest BCUT2D eigenvalue weighted by Gasteiger charge is -2.26. The van der Waals surface area contributed by atoms with E-state index in [1.807, 2.05) is 12.1 Å². The molecule has 0 aliphatic heterocycles. The highest BCUT2D eigenvalue weighted by molar-refractivity contribution is 6.28. The van der Waals surface area contributed by atoms with Crippen LogP contribution in [0.1, 0.15) is 0 Å². The maximum absolute atomic E-state index is 6.71. The van der Waals surface area contributed by atoms with Gasteiger partial charge in [0.2, 0.25) is 0 Å². The Hall–Kier alpha value is -8.86. The summed E-state index contributed by atoms with van der Waals surface area (Å²) in [5.41, 5.74) is 14.6. The van der Waals surface area contributed by atoms with Crippen LogP contribution in [0.4, 0.5) is 34.1 Å². The summed E-state index contributed by atoms with van der Waals surface area (Å²) >= 11 is 0. The molecule has 310 valence electrons. The number of furan rings is 2. The largest absolute Gasteiger partial charge is 0.456 e. The minimum atomic E-state index is 0.839. The summed E-state index contributed by atoms with van der Waals surface area (Å²) in [6.45, 7) is 0. The highest BCUT2D eigenvalue weighted by atomic mass is 16.3. The van der Waals surface area contributed by atoms with E-state index < -0.39 is 0 Å². The average Bonchev–Trinajstić information content (AvgIpc) is 3.93. The van der Waals surface area contributed by atoms with Crippen molar-refractivity contribution >= 4 is 99.5 Å². The van der Waals surface area contributed by atoms with Crippen LogP contribution in [0.3, 0.4) is 0 Å². The number of anilines is 6. The molecular formula is C62H40N2O2. The zero-order valence-electron chi connectivity index (χ0n) is 35.8. The van der Waals surface area contributed by atoms with Gasteiger partial charge in [0.25, 0.3) is 0 Å². The molecule has 0 atom stereocenters. The Balaban J connectivity index is 0.915. The monoisotopic (exact) mass is 844 g/mol. The Morgan fingerprint density at radius 3 is 1.02 bits per heavy atom. The van der Waals surface area contributed by atoms with Crippen molar-refractivity contribution < 1.29 is 8.83 Å². The molecule has 0 radical (unpaired) electrons. The summed E-state index contributed by atoms with van der Waals surface area (Å²) in [6, 6.07) is 86.3. The molecule has 0 spiro atoms. The van der Waals surface area contributed by atoms with E-state index in [-0.39, 0.29) is 0 Å². The molecule has 0 N–H and O–H groups in total. The number of benzene rings is 11. The topological polar surface area (TPSA) is 32.8 Å². The lowest BCUT2D eigenvalue weighted by Crippen LogP contribution is -2.09. The molecule has 2 heterocycles. The van der Waals surface area contributed by atoms with Crippen LogP contribution in [-0.4, -0.2) is 0 Å². The van der Waals surface area contributed by atoms with Crippen molar-refractivity contribution in [1.82, 2.24) is 0 Å². The van der Waals surface area contributed by atoms with Crippen LogP contribution in [0.2, 0.25) is 0 Å². The van der Waals surface area contributed by atoms with E-state index in [9.17, 15) is 0 Å². The first-order valence-electron chi connectivity index (χ1n) is 22.4. The maximum Gasteiger partial charge on any atom is 0.136 e. The van der Waals surface area contributed by atoms with Crippen LogP contribution < -0.4 is 9.80 Å². The summed E-state index contributed by atoms with van der Waals surface area (Å²) in [4.78, 5) is 4.65. The molecule has 0 aliphatic carbocycles. The van der Waals surface area contributed by atoms with E-state index >= 15 is 0 Å². The van der Waals surface area contributed by atoms with Gasteiger partial charge in [0.05, 0.1) is 0 Å². The van der Waals surface area contributed by atoms with Crippen LogP contribution in [0.15, 0.2) is 251 Å². The van der Waals surface area contributed by atoms with Gasteiger partial charge in [0, 0.05) is 55.7 Å². The van der Waals surface area contributed by atoms with Gasteiger partial charge in [0.1, 0.15) is 22.3 Å². The first-order valence-corrected chi connectivity index (χ1v) is 22.4. The molecule has 4 heteroatoms. The smallest absolute Gasteiger partial charge is 0.136 e. The number of nitrogens with zero attached hydrogens (tertiary/aromatic N) is 2. The van der Waals surface area contributed by atoms with Crippen molar-refractivity contribution in [2.75, 3.05) is 9.80 Å². The Kier molecular flexibility index (Phi) is 8.81. The predicted octanol–water partition coefficient (Wildman–Crippen LogP) is 18.1. The molecule has 0 fully saturated rings. The molecule has 0 saturated heterocycles. The fraction of sp³-hybridized carbons (Fsp3) is 0. The Bertz CT molecular complexity index is 3670. The van der Waals surface area contributed by atoms with Gasteiger partial charge in [-0.3, -0.25) is 0 Å². The first kappa shape index (κ1) is 37.7. The van der Waals surface area contributed by atoms with Crippen molar-refractivity contribution in [3.05, 3.63) is 243 Å². The van der Waals surface area contributed by atoms with E-state index in [0.717, 1.165) is 99.5 Å². The number of para-hydroxylation sites is 2. The zero-order valence-corrected chi connectivity index (χ0v) is 35.8. The second kappa shape index (κ2) is 15.4. The van der Waals surface area contributed by atoms with Crippen LogP contribution in [0.25, 0.3) is 87.7 Å². The first-order chi connectivity index (χ1) is 32.7. The van der Waals surface area contributed by atoms with Gasteiger partial charge in [-0.2, -0.15) is 0 Å². The minimum absolute atomic E-state index is 0.839. The van der Waals surface area contributed by atoms with E-state index in [1.165, 1.54) is 22.3 Å². The summed E-state index contributed by atoms with van der Waals surface area (Å²) < 4.78 is 13.4. The number of fused-ring (bicyclic) bond motifs is 9. The standard InChI is InChI=1S/C62H40N2O2/c1-5-15-41(16-6-1)43-19-13-25-51(33-43)63(49-21-9-3-10-22-49)53-29-27-45-37-55-59(39-47(45)35-53)65-57-31-32-58-62(61(55)57)56-38-46-28-30-54(36-48(46)40-60(56)66-58)64(50-23-11-4-12-24-50)52-26-14-20-44(34-52)42-17-7-2-8-18-42/h1-40H. The van der Waals surface area contributed by atoms with Crippen molar-refractivity contribution in [3.8, 4) is 22.3 Å². The van der Waals surface area contributed by atoms with Gasteiger partial charge in [-0.15, -0.1) is 0 Å². The summed E-state index contributed by atoms with van der Waals surface area (Å²) in [5.74, 6) is 0. The van der Waals surface area contributed by atoms with Crippen molar-refractivity contribution in [2.24, 2.45) is 0 Å². The van der Waals surface area contributed by atoms with Crippen molar-refractivity contribution in [2.45, 2.75) is 0 Å². The number of hydrogen-bond donors (Lipinski definition) is 0. The Morgan fingerprint density at radius 1 is 0.227 bits per heavy atom. The summed E-state index contributed by atoms with van der Waals surface area (Å²) in [6.07, 6.45) is 0. The van der Waals surface area contributed by atoms with Gasteiger partial charge in [-0.25, -0.2) is 0 Å². The molecule has 66 heavy (non-hydrogen) atoms. The van der Waals surface area contributed by atoms with E-state index in [1.54, 1.807) is 0 Å². The van der Waals surface area contributed by atoms with E-state index in [0.29, 0.717) is 0 Å². The van der Waals surface area contributed by atoms with Gasteiger partial charge in [-0.05, 0) is 153 Å². The van der Waals surface area contributed by atoms with Crippen molar-refractivity contribution in [1.29, 1.82) is 0 Å². The second-order valence-electron chi connectivity index (χ2n) is 17.0. The maximum atomic E-state index is 6.71. The minimum Gasteiger partial charge on any atom is -0.456 e. The highest BCUT2D eigenvalue weighted by Gasteiger charge is 2.20. The van der Waals surface area contributed by atoms with Crippen LogP contribution >= 0.6 is 0 Å². The summed E-state index contributed by atoms with van der Waals surface area (Å²) in [7, 11) is 0. The molecule has 13 aromatic rings. The molecule has 4 nitrogen and oxygen atoms in total. The molecule has 0 aliphatic rings. The molecule has 0 amide bonds.